The third kappa shape index (κ3) is 6.25. The summed E-state index contributed by atoms with van der Waals surface area (Å²) in [4.78, 5) is 22.0. The molecule has 2 amide bonds. The van der Waals surface area contributed by atoms with Gasteiger partial charge in [0.05, 0.1) is 13.2 Å². The number of nitrogens with one attached hydrogen (secondary N) is 1. The van der Waals surface area contributed by atoms with Crippen molar-refractivity contribution in [2.24, 2.45) is 0 Å². The minimum atomic E-state index is -4.68. The fourth-order valence-corrected chi connectivity index (χ4v) is 1.02. The van der Waals surface area contributed by atoms with Crippen molar-refractivity contribution in [2.75, 3.05) is 26.3 Å². The predicted octanol–water partition coefficient (Wildman–Crippen LogP) is -1.00. The van der Waals surface area contributed by atoms with Crippen LogP contribution in [0.1, 0.15) is 0 Å². The highest BCUT2D eigenvalue weighted by molar-refractivity contribution is 5.82. The number of carbonyl (C=O) groups is 2. The van der Waals surface area contributed by atoms with E-state index < -0.39 is 50.5 Å². The van der Waals surface area contributed by atoms with Gasteiger partial charge in [0.2, 0.25) is 0 Å². The Hall–Kier alpha value is -1.55. The standard InChI is InChI=1S/C8H13F3N2O5/c9-8(10,11)4-13(1-2-14)7(18)12-5(3-15)6(16)17/h5,14-15H,1-4H2,(H,12,18)(H,16,17)/t5-/m0/s1. The van der Waals surface area contributed by atoms with Crippen LogP contribution in [0.5, 0.6) is 0 Å². The van der Waals surface area contributed by atoms with Gasteiger partial charge in [-0.15, -0.1) is 0 Å². The highest BCUT2D eigenvalue weighted by Gasteiger charge is 2.33. The van der Waals surface area contributed by atoms with Crippen LogP contribution in [0.4, 0.5) is 18.0 Å². The number of carboxylic acids is 1. The summed E-state index contributed by atoms with van der Waals surface area (Å²) < 4.78 is 36.3. The summed E-state index contributed by atoms with van der Waals surface area (Å²) in [5, 5.41) is 27.3. The number of carbonyl (C=O) groups excluding carboxylic acids is 1. The third-order valence-electron chi connectivity index (χ3n) is 1.81. The van der Waals surface area contributed by atoms with Crippen molar-refractivity contribution in [1.82, 2.24) is 10.2 Å². The minimum Gasteiger partial charge on any atom is -0.480 e. The van der Waals surface area contributed by atoms with E-state index in [2.05, 4.69) is 0 Å². The number of carboxylic acid groups (broad SMARTS) is 1. The molecular formula is C8H13F3N2O5. The molecule has 0 unspecified atom stereocenters. The van der Waals surface area contributed by atoms with Crippen LogP contribution in [-0.2, 0) is 4.79 Å². The van der Waals surface area contributed by atoms with Gasteiger partial charge in [0.25, 0.3) is 0 Å². The number of halogens is 3. The van der Waals surface area contributed by atoms with Crippen LogP contribution in [0.2, 0.25) is 0 Å². The Balaban J connectivity index is 4.61. The first kappa shape index (κ1) is 16.4. The Morgan fingerprint density at radius 1 is 1.28 bits per heavy atom. The van der Waals surface area contributed by atoms with Gasteiger partial charge in [-0.2, -0.15) is 13.2 Å². The van der Waals surface area contributed by atoms with Gasteiger partial charge < -0.3 is 25.5 Å². The van der Waals surface area contributed by atoms with E-state index in [9.17, 15) is 22.8 Å². The molecule has 0 aromatic heterocycles. The van der Waals surface area contributed by atoms with Gasteiger partial charge in [-0.25, -0.2) is 9.59 Å². The first-order valence-corrected chi connectivity index (χ1v) is 4.78. The number of amides is 2. The molecule has 0 aliphatic heterocycles. The SMILES string of the molecule is O=C(O)[C@H](CO)NC(=O)N(CCO)CC(F)(F)F. The van der Waals surface area contributed by atoms with Gasteiger partial charge in [0.1, 0.15) is 6.54 Å². The number of nitrogens with zero attached hydrogens (tertiary/aromatic N) is 1. The summed E-state index contributed by atoms with van der Waals surface area (Å²) in [6.07, 6.45) is -4.68. The second-order valence-electron chi connectivity index (χ2n) is 3.28. The highest BCUT2D eigenvalue weighted by Crippen LogP contribution is 2.16. The van der Waals surface area contributed by atoms with E-state index in [-0.39, 0.29) is 4.90 Å². The maximum Gasteiger partial charge on any atom is 0.406 e. The molecule has 0 radical (unpaired) electrons. The maximum atomic E-state index is 12.1. The first-order chi connectivity index (χ1) is 8.21. The zero-order valence-corrected chi connectivity index (χ0v) is 9.15. The Bertz CT molecular complexity index is 297. The lowest BCUT2D eigenvalue weighted by Crippen LogP contribution is -2.52. The molecular weight excluding hydrogens is 261 g/mol. The molecule has 4 N–H and O–H groups in total. The zero-order valence-electron chi connectivity index (χ0n) is 9.15. The molecule has 0 saturated heterocycles. The number of aliphatic hydroxyl groups is 2. The van der Waals surface area contributed by atoms with Gasteiger partial charge in [-0.05, 0) is 0 Å². The fraction of sp³-hybridized carbons (Fsp3) is 0.750. The van der Waals surface area contributed by atoms with Gasteiger partial charge >= 0.3 is 18.2 Å². The van der Waals surface area contributed by atoms with Gasteiger partial charge in [-0.1, -0.05) is 0 Å². The topological polar surface area (TPSA) is 110 Å². The number of hydrogen-bond donors (Lipinski definition) is 4. The lowest BCUT2D eigenvalue weighted by Gasteiger charge is -2.24. The summed E-state index contributed by atoms with van der Waals surface area (Å²) in [5.74, 6) is -1.58. The number of alkyl halides is 3. The third-order valence-corrected chi connectivity index (χ3v) is 1.81. The van der Waals surface area contributed by atoms with Gasteiger partial charge in [-0.3, -0.25) is 0 Å². The van der Waals surface area contributed by atoms with Crippen molar-refractivity contribution < 1.29 is 38.1 Å². The normalized spacial score (nSPS) is 12.9. The average molecular weight is 274 g/mol. The fourth-order valence-electron chi connectivity index (χ4n) is 1.02. The molecule has 0 saturated carbocycles. The molecule has 0 fully saturated rings. The molecule has 1 atom stereocenters. The van der Waals surface area contributed by atoms with Crippen LogP contribution in [-0.4, -0.2) is 70.7 Å². The average Bonchev–Trinajstić information content (AvgIpc) is 2.22. The Labute approximate surface area is 99.8 Å². The molecule has 0 aliphatic rings. The van der Waals surface area contributed by atoms with Crippen molar-refractivity contribution in [3.63, 3.8) is 0 Å². The second-order valence-corrected chi connectivity index (χ2v) is 3.28. The number of urea groups is 1. The second kappa shape index (κ2) is 7.01. The summed E-state index contributed by atoms with van der Waals surface area (Å²) in [6, 6.07) is -3.03. The summed E-state index contributed by atoms with van der Waals surface area (Å²) in [5.41, 5.74) is 0. The summed E-state index contributed by atoms with van der Waals surface area (Å²) in [7, 11) is 0. The van der Waals surface area contributed by atoms with E-state index >= 15 is 0 Å². The smallest absolute Gasteiger partial charge is 0.406 e. The monoisotopic (exact) mass is 274 g/mol. The zero-order chi connectivity index (χ0) is 14.3. The van der Waals surface area contributed by atoms with Crippen LogP contribution >= 0.6 is 0 Å². The largest absolute Gasteiger partial charge is 0.480 e. The van der Waals surface area contributed by atoms with Crippen LogP contribution in [0.15, 0.2) is 0 Å². The van der Waals surface area contributed by atoms with Gasteiger partial charge in [0.15, 0.2) is 6.04 Å². The molecule has 0 heterocycles. The Morgan fingerprint density at radius 3 is 2.17 bits per heavy atom. The highest BCUT2D eigenvalue weighted by atomic mass is 19.4. The molecule has 18 heavy (non-hydrogen) atoms. The van der Waals surface area contributed by atoms with Crippen molar-refractivity contribution in [3.8, 4) is 0 Å². The predicted molar refractivity (Wildman–Crippen MR) is 51.8 cm³/mol. The van der Waals surface area contributed by atoms with E-state index in [1.165, 1.54) is 0 Å². The molecule has 0 aromatic rings. The van der Waals surface area contributed by atoms with Crippen LogP contribution < -0.4 is 5.32 Å². The molecule has 10 heteroatoms. The minimum absolute atomic E-state index is 0.200. The van der Waals surface area contributed by atoms with Crippen LogP contribution in [0, 0.1) is 0 Å². The lowest BCUT2D eigenvalue weighted by molar-refractivity contribution is -0.141. The molecule has 7 nitrogen and oxygen atoms in total. The summed E-state index contributed by atoms with van der Waals surface area (Å²) in [6.45, 7) is -3.90. The molecule has 0 bridgehead atoms. The molecule has 106 valence electrons. The quantitative estimate of drug-likeness (QED) is 0.496. The summed E-state index contributed by atoms with van der Waals surface area (Å²) >= 11 is 0. The first-order valence-electron chi connectivity index (χ1n) is 4.78. The number of rotatable bonds is 6. The van der Waals surface area contributed by atoms with Crippen molar-refractivity contribution in [3.05, 3.63) is 0 Å². The van der Waals surface area contributed by atoms with E-state index in [1.807, 2.05) is 0 Å². The van der Waals surface area contributed by atoms with Crippen molar-refractivity contribution >= 4 is 12.0 Å². The molecule has 0 aromatic carbocycles. The molecule has 0 aliphatic carbocycles. The van der Waals surface area contributed by atoms with Crippen molar-refractivity contribution in [1.29, 1.82) is 0 Å². The van der Waals surface area contributed by atoms with E-state index in [0.717, 1.165) is 0 Å². The number of aliphatic hydroxyl groups excluding tert-OH is 2. The van der Waals surface area contributed by atoms with E-state index in [0.29, 0.717) is 0 Å². The van der Waals surface area contributed by atoms with E-state index in [4.69, 9.17) is 15.3 Å². The van der Waals surface area contributed by atoms with Crippen LogP contribution in [0.3, 0.4) is 0 Å². The Kier molecular flexibility index (Phi) is 6.41. The molecule has 0 spiro atoms. The maximum absolute atomic E-state index is 12.1. The number of hydrogen-bond acceptors (Lipinski definition) is 4. The van der Waals surface area contributed by atoms with Gasteiger partial charge in [0, 0.05) is 6.54 Å². The van der Waals surface area contributed by atoms with E-state index in [1.54, 1.807) is 5.32 Å². The molecule has 0 rings (SSSR count). The lowest BCUT2D eigenvalue weighted by atomic mass is 10.3. The van der Waals surface area contributed by atoms with Crippen molar-refractivity contribution in [2.45, 2.75) is 12.2 Å². The Morgan fingerprint density at radius 2 is 1.83 bits per heavy atom. The van der Waals surface area contributed by atoms with Crippen LogP contribution in [0.25, 0.3) is 0 Å². The number of aliphatic carboxylic acids is 1.